The van der Waals surface area contributed by atoms with Crippen molar-refractivity contribution in [2.24, 2.45) is 0 Å². The van der Waals surface area contributed by atoms with Crippen molar-refractivity contribution in [1.29, 1.82) is 5.26 Å². The lowest BCUT2D eigenvalue weighted by Crippen LogP contribution is -2.51. The molecule has 0 heterocycles. The van der Waals surface area contributed by atoms with Gasteiger partial charge >= 0.3 is 0 Å². The van der Waals surface area contributed by atoms with Gasteiger partial charge in [-0.05, 0) is 33.6 Å². The van der Waals surface area contributed by atoms with Crippen LogP contribution in [0.2, 0.25) is 0 Å². The Morgan fingerprint density at radius 1 is 1.17 bits per heavy atom. The highest BCUT2D eigenvalue weighted by atomic mass is 16.5. The number of hydrogen-bond donors (Lipinski definition) is 1. The average molecular weight is 252 g/mol. The van der Waals surface area contributed by atoms with E-state index in [-0.39, 0.29) is 5.60 Å². The van der Waals surface area contributed by atoms with Gasteiger partial charge < -0.3 is 4.74 Å². The van der Waals surface area contributed by atoms with Gasteiger partial charge in [0.1, 0.15) is 5.54 Å². The molecule has 3 nitrogen and oxygen atoms in total. The normalized spacial score (nSPS) is 21.9. The molecule has 0 aliphatic heterocycles. The van der Waals surface area contributed by atoms with E-state index in [0.717, 1.165) is 0 Å². The molecule has 1 fully saturated rings. The van der Waals surface area contributed by atoms with Crippen LogP contribution in [0.1, 0.15) is 65.7 Å². The first-order valence-corrected chi connectivity index (χ1v) is 7.15. The van der Waals surface area contributed by atoms with Crippen LogP contribution >= 0.6 is 0 Å². The SMILES string of the molecule is COC(C)(C)CC(C)(C#N)NC1CCCCCC1. The number of ether oxygens (including phenoxy) is 1. The van der Waals surface area contributed by atoms with Crippen LogP contribution in [0.3, 0.4) is 0 Å². The fourth-order valence-electron chi connectivity index (χ4n) is 2.92. The maximum absolute atomic E-state index is 9.48. The predicted molar refractivity (Wildman–Crippen MR) is 74.3 cm³/mol. The highest BCUT2D eigenvalue weighted by molar-refractivity contribution is 5.08. The van der Waals surface area contributed by atoms with Crippen LogP contribution < -0.4 is 5.32 Å². The molecule has 1 unspecified atom stereocenters. The van der Waals surface area contributed by atoms with Gasteiger partial charge in [-0.2, -0.15) is 5.26 Å². The zero-order chi connectivity index (χ0) is 13.6. The van der Waals surface area contributed by atoms with Crippen LogP contribution in [0.25, 0.3) is 0 Å². The standard InChI is InChI=1S/C15H28N2O/c1-14(2,18-4)11-15(3,12-16)17-13-9-7-5-6-8-10-13/h13,17H,5-11H2,1-4H3. The van der Waals surface area contributed by atoms with Gasteiger partial charge in [0.05, 0.1) is 11.7 Å². The Hall–Kier alpha value is -0.590. The van der Waals surface area contributed by atoms with Gasteiger partial charge in [0.25, 0.3) is 0 Å². The van der Waals surface area contributed by atoms with Crippen LogP contribution in [0, 0.1) is 11.3 Å². The quantitative estimate of drug-likeness (QED) is 0.763. The van der Waals surface area contributed by atoms with Gasteiger partial charge in [-0.25, -0.2) is 0 Å². The average Bonchev–Trinajstić information content (AvgIpc) is 2.57. The van der Waals surface area contributed by atoms with E-state index < -0.39 is 5.54 Å². The van der Waals surface area contributed by atoms with Crippen molar-refractivity contribution in [2.45, 2.75) is 82.9 Å². The maximum atomic E-state index is 9.48. The highest BCUT2D eigenvalue weighted by Gasteiger charge is 2.34. The van der Waals surface area contributed by atoms with E-state index in [0.29, 0.717) is 12.5 Å². The van der Waals surface area contributed by atoms with Gasteiger partial charge in [-0.15, -0.1) is 0 Å². The second-order valence-electron chi connectivity index (χ2n) is 6.42. The van der Waals surface area contributed by atoms with Gasteiger partial charge in [0.2, 0.25) is 0 Å². The lowest BCUT2D eigenvalue weighted by molar-refractivity contribution is -0.000385. The molecule has 1 N–H and O–H groups in total. The van der Waals surface area contributed by atoms with Gasteiger partial charge in [-0.3, -0.25) is 5.32 Å². The van der Waals surface area contributed by atoms with Crippen molar-refractivity contribution in [3.63, 3.8) is 0 Å². The molecule has 3 heteroatoms. The summed E-state index contributed by atoms with van der Waals surface area (Å²) in [6, 6.07) is 2.94. The van der Waals surface area contributed by atoms with Crippen molar-refractivity contribution >= 4 is 0 Å². The number of nitrogens with zero attached hydrogens (tertiary/aromatic N) is 1. The minimum absolute atomic E-state index is 0.262. The van der Waals surface area contributed by atoms with Crippen LogP contribution in [0.5, 0.6) is 0 Å². The molecule has 0 radical (unpaired) electrons. The number of nitriles is 1. The molecule has 1 saturated carbocycles. The van der Waals surface area contributed by atoms with Crippen LogP contribution in [0.4, 0.5) is 0 Å². The summed E-state index contributed by atoms with van der Waals surface area (Å²) < 4.78 is 5.46. The van der Waals surface area contributed by atoms with E-state index in [9.17, 15) is 5.26 Å². The van der Waals surface area contributed by atoms with Gasteiger partial charge in [-0.1, -0.05) is 25.7 Å². The molecule has 0 bridgehead atoms. The second kappa shape index (κ2) is 6.54. The summed E-state index contributed by atoms with van der Waals surface area (Å²) in [7, 11) is 1.71. The third-order valence-electron chi connectivity index (χ3n) is 3.96. The molecular weight excluding hydrogens is 224 g/mol. The Labute approximate surface area is 112 Å². The summed E-state index contributed by atoms with van der Waals surface area (Å²) in [6.45, 7) is 6.08. The molecule has 1 rings (SSSR count). The zero-order valence-electron chi connectivity index (χ0n) is 12.4. The van der Waals surface area contributed by atoms with E-state index in [1.165, 1.54) is 38.5 Å². The minimum Gasteiger partial charge on any atom is -0.379 e. The summed E-state index contributed by atoms with van der Waals surface area (Å²) in [5, 5.41) is 13.0. The van der Waals surface area contributed by atoms with E-state index >= 15 is 0 Å². The van der Waals surface area contributed by atoms with Crippen molar-refractivity contribution in [3.8, 4) is 6.07 Å². The Bertz CT molecular complexity index is 287. The summed E-state index contributed by atoms with van der Waals surface area (Å²) in [6.07, 6.45) is 8.36. The second-order valence-corrected chi connectivity index (χ2v) is 6.42. The largest absolute Gasteiger partial charge is 0.379 e. The molecule has 1 aliphatic carbocycles. The fraction of sp³-hybridized carbons (Fsp3) is 0.933. The Balaban J connectivity index is 2.61. The topological polar surface area (TPSA) is 45.0 Å². The van der Waals surface area contributed by atoms with Crippen molar-refractivity contribution in [3.05, 3.63) is 0 Å². The summed E-state index contributed by atoms with van der Waals surface area (Å²) in [4.78, 5) is 0. The molecule has 0 saturated heterocycles. The number of nitrogens with one attached hydrogen (secondary N) is 1. The zero-order valence-corrected chi connectivity index (χ0v) is 12.4. The molecule has 0 amide bonds. The van der Waals surface area contributed by atoms with Gasteiger partial charge in [0, 0.05) is 19.6 Å². The smallest absolute Gasteiger partial charge is 0.106 e. The molecule has 0 aromatic heterocycles. The van der Waals surface area contributed by atoms with Crippen LogP contribution in [0.15, 0.2) is 0 Å². The Morgan fingerprint density at radius 2 is 1.72 bits per heavy atom. The molecule has 0 aromatic rings. The molecule has 0 aromatic carbocycles. The molecule has 18 heavy (non-hydrogen) atoms. The molecule has 104 valence electrons. The number of methoxy groups -OCH3 is 1. The van der Waals surface area contributed by atoms with E-state index in [2.05, 4.69) is 11.4 Å². The van der Waals surface area contributed by atoms with Crippen molar-refractivity contribution < 1.29 is 4.74 Å². The lowest BCUT2D eigenvalue weighted by Gasteiger charge is -2.35. The monoisotopic (exact) mass is 252 g/mol. The number of hydrogen-bond acceptors (Lipinski definition) is 3. The third kappa shape index (κ3) is 4.96. The van der Waals surface area contributed by atoms with Gasteiger partial charge in [0.15, 0.2) is 0 Å². The fourth-order valence-corrected chi connectivity index (χ4v) is 2.92. The molecular formula is C15H28N2O. The first-order valence-electron chi connectivity index (χ1n) is 7.15. The molecule has 1 aliphatic rings. The summed E-state index contributed by atoms with van der Waals surface area (Å²) >= 11 is 0. The molecule has 1 atom stereocenters. The Kier molecular flexibility index (Phi) is 5.62. The van der Waals surface area contributed by atoms with Crippen molar-refractivity contribution in [1.82, 2.24) is 5.32 Å². The minimum atomic E-state index is -0.492. The Morgan fingerprint density at radius 3 is 2.17 bits per heavy atom. The first kappa shape index (κ1) is 15.5. The van der Waals surface area contributed by atoms with Crippen molar-refractivity contribution in [2.75, 3.05) is 7.11 Å². The van der Waals surface area contributed by atoms with Crippen LogP contribution in [-0.2, 0) is 4.74 Å². The highest BCUT2D eigenvalue weighted by Crippen LogP contribution is 2.26. The number of rotatable bonds is 5. The first-order chi connectivity index (χ1) is 8.41. The lowest BCUT2D eigenvalue weighted by atomic mass is 9.87. The molecule has 0 spiro atoms. The van der Waals surface area contributed by atoms with E-state index in [1.807, 2.05) is 20.8 Å². The third-order valence-corrected chi connectivity index (χ3v) is 3.96. The predicted octanol–water partition coefficient (Wildman–Crippen LogP) is 3.40. The maximum Gasteiger partial charge on any atom is 0.106 e. The van der Waals surface area contributed by atoms with E-state index in [4.69, 9.17) is 4.74 Å². The van der Waals surface area contributed by atoms with E-state index in [1.54, 1.807) is 7.11 Å². The summed E-state index contributed by atoms with van der Waals surface area (Å²) in [5.41, 5.74) is -0.753. The summed E-state index contributed by atoms with van der Waals surface area (Å²) in [5.74, 6) is 0. The van der Waals surface area contributed by atoms with Crippen LogP contribution in [-0.4, -0.2) is 24.3 Å².